The van der Waals surface area contributed by atoms with Gasteiger partial charge in [0.1, 0.15) is 5.75 Å². The van der Waals surface area contributed by atoms with Gasteiger partial charge in [0.15, 0.2) is 15.8 Å². The standard InChI is InChI=1S/C25H24N2O4S2/c1-16-5-4-6-19(13-16)31-11-12-32-25-27-20-9-8-18(15-23(20)33-25)26-24(28)17-7-10-21(29-2)22(14-17)30-3/h4-10,13-15H,11-12H2,1-3H3,(H,26,28). The molecule has 0 unspecified atom stereocenters. The Balaban J connectivity index is 1.37. The first-order chi connectivity index (χ1) is 16.1. The quantitative estimate of drug-likeness (QED) is 0.232. The molecule has 1 N–H and O–H groups in total. The number of hydrogen-bond donors (Lipinski definition) is 1. The number of aromatic nitrogens is 1. The molecule has 8 heteroatoms. The van der Waals surface area contributed by atoms with Gasteiger partial charge in [-0.1, -0.05) is 23.9 Å². The molecular formula is C25H24N2O4S2. The second-order valence-electron chi connectivity index (χ2n) is 7.20. The lowest BCUT2D eigenvalue weighted by Crippen LogP contribution is -2.12. The van der Waals surface area contributed by atoms with Crippen molar-refractivity contribution in [1.82, 2.24) is 4.98 Å². The summed E-state index contributed by atoms with van der Waals surface area (Å²) in [5.41, 5.74) is 3.29. The average Bonchev–Trinajstić information content (AvgIpc) is 3.23. The van der Waals surface area contributed by atoms with Crippen molar-refractivity contribution < 1.29 is 19.0 Å². The van der Waals surface area contributed by atoms with Gasteiger partial charge in [0.05, 0.1) is 31.0 Å². The Labute approximate surface area is 200 Å². The lowest BCUT2D eigenvalue weighted by atomic mass is 10.2. The van der Waals surface area contributed by atoms with E-state index in [0.717, 1.165) is 26.1 Å². The van der Waals surface area contributed by atoms with Crippen LogP contribution in [0.2, 0.25) is 0 Å². The van der Waals surface area contributed by atoms with E-state index >= 15 is 0 Å². The predicted molar refractivity (Wildman–Crippen MR) is 135 cm³/mol. The molecule has 0 aliphatic rings. The molecule has 4 aromatic rings. The summed E-state index contributed by atoms with van der Waals surface area (Å²) in [7, 11) is 3.10. The second kappa shape index (κ2) is 10.6. The van der Waals surface area contributed by atoms with Crippen molar-refractivity contribution in [1.29, 1.82) is 0 Å². The first-order valence-electron chi connectivity index (χ1n) is 10.3. The summed E-state index contributed by atoms with van der Waals surface area (Å²) in [5.74, 6) is 2.56. The van der Waals surface area contributed by atoms with E-state index in [4.69, 9.17) is 14.2 Å². The van der Waals surface area contributed by atoms with Crippen LogP contribution in [-0.4, -0.2) is 37.5 Å². The third-order valence-electron chi connectivity index (χ3n) is 4.84. The number of nitrogens with zero attached hydrogens (tertiary/aromatic N) is 1. The summed E-state index contributed by atoms with van der Waals surface area (Å²) in [5, 5.41) is 2.94. The van der Waals surface area contributed by atoms with E-state index in [9.17, 15) is 4.79 Å². The Morgan fingerprint density at radius 1 is 1.03 bits per heavy atom. The summed E-state index contributed by atoms with van der Waals surface area (Å²) < 4.78 is 18.3. The van der Waals surface area contributed by atoms with Gasteiger partial charge < -0.3 is 19.5 Å². The van der Waals surface area contributed by atoms with E-state index in [1.54, 1.807) is 55.5 Å². The Kier molecular flexibility index (Phi) is 7.36. The normalized spacial score (nSPS) is 10.8. The third kappa shape index (κ3) is 5.77. The summed E-state index contributed by atoms with van der Waals surface area (Å²) >= 11 is 3.27. The molecule has 0 saturated carbocycles. The topological polar surface area (TPSA) is 69.7 Å². The molecule has 4 rings (SSSR count). The number of carbonyl (C=O) groups is 1. The minimum Gasteiger partial charge on any atom is -0.493 e. The van der Waals surface area contributed by atoms with Crippen LogP contribution < -0.4 is 19.5 Å². The van der Waals surface area contributed by atoms with Crippen LogP contribution in [0.4, 0.5) is 5.69 Å². The molecule has 0 spiro atoms. The number of hydrogen-bond acceptors (Lipinski definition) is 7. The van der Waals surface area contributed by atoms with Crippen LogP contribution in [0.5, 0.6) is 17.2 Å². The number of thiazole rings is 1. The van der Waals surface area contributed by atoms with Gasteiger partial charge in [-0.15, -0.1) is 11.3 Å². The maximum atomic E-state index is 12.7. The highest BCUT2D eigenvalue weighted by Crippen LogP contribution is 2.32. The van der Waals surface area contributed by atoms with E-state index in [1.807, 2.05) is 49.4 Å². The molecule has 0 aliphatic carbocycles. The highest BCUT2D eigenvalue weighted by atomic mass is 32.2. The van der Waals surface area contributed by atoms with Crippen LogP contribution in [0, 0.1) is 6.92 Å². The van der Waals surface area contributed by atoms with Crippen LogP contribution in [0.3, 0.4) is 0 Å². The van der Waals surface area contributed by atoms with Crippen molar-refractivity contribution in [2.24, 2.45) is 0 Å². The number of rotatable bonds is 9. The minimum absolute atomic E-state index is 0.220. The zero-order chi connectivity index (χ0) is 23.2. The zero-order valence-corrected chi connectivity index (χ0v) is 20.2. The highest BCUT2D eigenvalue weighted by Gasteiger charge is 2.12. The number of aryl methyl sites for hydroxylation is 1. The summed E-state index contributed by atoms with van der Waals surface area (Å²) in [6.45, 7) is 2.66. The molecule has 6 nitrogen and oxygen atoms in total. The largest absolute Gasteiger partial charge is 0.493 e. The molecule has 0 aliphatic heterocycles. The van der Waals surface area contributed by atoms with Crippen molar-refractivity contribution in [2.75, 3.05) is 31.9 Å². The summed E-state index contributed by atoms with van der Waals surface area (Å²) in [4.78, 5) is 17.4. The first-order valence-corrected chi connectivity index (χ1v) is 12.1. The molecule has 0 fully saturated rings. The molecular weight excluding hydrogens is 456 g/mol. The van der Waals surface area contributed by atoms with Crippen molar-refractivity contribution >= 4 is 44.9 Å². The fraction of sp³-hybridized carbons (Fsp3) is 0.200. The highest BCUT2D eigenvalue weighted by molar-refractivity contribution is 8.01. The van der Waals surface area contributed by atoms with Gasteiger partial charge in [-0.3, -0.25) is 4.79 Å². The zero-order valence-electron chi connectivity index (χ0n) is 18.6. The third-order valence-corrected chi connectivity index (χ3v) is 6.96. The first kappa shape index (κ1) is 22.9. The molecule has 1 aromatic heterocycles. The number of amides is 1. The fourth-order valence-corrected chi connectivity index (χ4v) is 5.21. The predicted octanol–water partition coefficient (Wildman–Crippen LogP) is 6.05. The molecule has 0 saturated heterocycles. The number of ether oxygens (including phenoxy) is 3. The van der Waals surface area contributed by atoms with Crippen molar-refractivity contribution in [2.45, 2.75) is 11.3 Å². The second-order valence-corrected chi connectivity index (χ2v) is 9.57. The minimum atomic E-state index is -0.220. The maximum Gasteiger partial charge on any atom is 0.255 e. The Morgan fingerprint density at radius 3 is 2.67 bits per heavy atom. The van der Waals surface area contributed by atoms with Crippen molar-refractivity contribution in [3.63, 3.8) is 0 Å². The van der Waals surface area contributed by atoms with Crippen molar-refractivity contribution in [3.05, 3.63) is 71.8 Å². The molecule has 1 heterocycles. The average molecular weight is 481 g/mol. The van der Waals surface area contributed by atoms with E-state index in [0.29, 0.717) is 29.4 Å². The fourth-order valence-electron chi connectivity index (χ4n) is 3.22. The number of fused-ring (bicyclic) bond motifs is 1. The summed E-state index contributed by atoms with van der Waals surface area (Å²) in [6, 6.07) is 18.8. The van der Waals surface area contributed by atoms with Gasteiger partial charge in [-0.05, 0) is 61.0 Å². The van der Waals surface area contributed by atoms with E-state index in [-0.39, 0.29) is 5.91 Å². The number of anilines is 1. The Bertz CT molecular complexity index is 1270. The smallest absolute Gasteiger partial charge is 0.255 e. The number of thioether (sulfide) groups is 1. The summed E-state index contributed by atoms with van der Waals surface area (Å²) in [6.07, 6.45) is 0. The maximum absolute atomic E-state index is 12.7. The Morgan fingerprint density at radius 2 is 1.88 bits per heavy atom. The van der Waals surface area contributed by atoms with Gasteiger partial charge >= 0.3 is 0 Å². The molecule has 170 valence electrons. The van der Waals surface area contributed by atoms with E-state index in [2.05, 4.69) is 10.3 Å². The van der Waals surface area contributed by atoms with Crippen LogP contribution in [0.15, 0.2) is 65.0 Å². The van der Waals surface area contributed by atoms with Gasteiger partial charge in [0.2, 0.25) is 0 Å². The van der Waals surface area contributed by atoms with Crippen LogP contribution in [0.1, 0.15) is 15.9 Å². The van der Waals surface area contributed by atoms with Gasteiger partial charge in [0, 0.05) is 17.0 Å². The van der Waals surface area contributed by atoms with Crippen LogP contribution in [-0.2, 0) is 0 Å². The monoisotopic (exact) mass is 480 g/mol. The molecule has 0 bridgehead atoms. The lowest BCUT2D eigenvalue weighted by Gasteiger charge is -2.10. The molecule has 0 atom stereocenters. The number of nitrogens with one attached hydrogen (secondary N) is 1. The molecule has 0 radical (unpaired) electrons. The van der Waals surface area contributed by atoms with Crippen molar-refractivity contribution in [3.8, 4) is 17.2 Å². The van der Waals surface area contributed by atoms with Gasteiger partial charge in [-0.2, -0.15) is 0 Å². The number of methoxy groups -OCH3 is 2. The van der Waals surface area contributed by atoms with Gasteiger partial charge in [-0.25, -0.2) is 4.98 Å². The van der Waals surface area contributed by atoms with Gasteiger partial charge in [0.25, 0.3) is 5.91 Å². The number of benzene rings is 3. The SMILES string of the molecule is COc1ccc(C(=O)Nc2ccc3nc(SCCOc4cccc(C)c4)sc3c2)cc1OC. The molecule has 33 heavy (non-hydrogen) atoms. The van der Waals surface area contributed by atoms with E-state index in [1.165, 1.54) is 5.56 Å². The van der Waals surface area contributed by atoms with Crippen LogP contribution in [0.25, 0.3) is 10.2 Å². The molecule has 3 aromatic carbocycles. The Hall–Kier alpha value is -3.23. The van der Waals surface area contributed by atoms with E-state index < -0.39 is 0 Å². The lowest BCUT2D eigenvalue weighted by molar-refractivity contribution is 0.102. The molecule has 1 amide bonds. The van der Waals surface area contributed by atoms with Crippen LogP contribution >= 0.6 is 23.1 Å². The number of carbonyl (C=O) groups excluding carboxylic acids is 1.